The predicted molar refractivity (Wildman–Crippen MR) is 103 cm³/mol. The van der Waals surface area contributed by atoms with E-state index in [1.807, 2.05) is 0 Å². The molecular formula is C18H20F2N4O4S. The standard InChI is InChI=1S/C18H20F2N4O4S/c1-21-29(27,28)11-13-4-2-12(3-5-13)9-22-18(26)23-10-17(25)24-14-6-7-15(19)16(20)8-14/h2-8,21H,9-11H2,1H3,(H,24,25)(H2,22,23,26). The van der Waals surface area contributed by atoms with Crippen LogP contribution in [0.15, 0.2) is 42.5 Å². The van der Waals surface area contributed by atoms with E-state index < -0.39 is 33.6 Å². The molecule has 0 bridgehead atoms. The van der Waals surface area contributed by atoms with Gasteiger partial charge in [-0.25, -0.2) is 26.7 Å². The fourth-order valence-corrected chi connectivity index (χ4v) is 3.01. The van der Waals surface area contributed by atoms with E-state index in [1.165, 1.54) is 13.1 Å². The summed E-state index contributed by atoms with van der Waals surface area (Å²) in [6.45, 7) is -0.207. The molecule has 2 rings (SSSR count). The van der Waals surface area contributed by atoms with Crippen molar-refractivity contribution in [2.75, 3.05) is 18.9 Å². The first-order valence-corrected chi connectivity index (χ1v) is 10.1. The molecule has 11 heteroatoms. The zero-order valence-electron chi connectivity index (χ0n) is 15.5. The van der Waals surface area contributed by atoms with Crippen LogP contribution in [0.5, 0.6) is 0 Å². The minimum atomic E-state index is -3.36. The molecule has 0 atom stereocenters. The van der Waals surface area contributed by atoms with Crippen LogP contribution in [-0.2, 0) is 27.1 Å². The van der Waals surface area contributed by atoms with Crippen LogP contribution in [0, 0.1) is 11.6 Å². The van der Waals surface area contributed by atoms with Gasteiger partial charge >= 0.3 is 6.03 Å². The van der Waals surface area contributed by atoms with Gasteiger partial charge in [0.2, 0.25) is 15.9 Å². The molecule has 0 radical (unpaired) electrons. The summed E-state index contributed by atoms with van der Waals surface area (Å²) in [4.78, 5) is 23.5. The normalized spacial score (nSPS) is 11.0. The summed E-state index contributed by atoms with van der Waals surface area (Å²) < 4.78 is 51.2. The summed E-state index contributed by atoms with van der Waals surface area (Å²) in [5.41, 5.74) is 1.40. The first-order valence-electron chi connectivity index (χ1n) is 8.44. The van der Waals surface area contributed by atoms with Crippen LogP contribution in [0.3, 0.4) is 0 Å². The number of carbonyl (C=O) groups excluding carboxylic acids is 2. The fourth-order valence-electron chi connectivity index (χ4n) is 2.23. The highest BCUT2D eigenvalue weighted by Gasteiger charge is 2.10. The Hall–Kier alpha value is -3.05. The van der Waals surface area contributed by atoms with Gasteiger partial charge in [0.1, 0.15) is 0 Å². The molecule has 0 aliphatic carbocycles. The Bertz CT molecular complexity index is 982. The quantitative estimate of drug-likeness (QED) is 0.511. The zero-order valence-corrected chi connectivity index (χ0v) is 16.3. The smallest absolute Gasteiger partial charge is 0.315 e. The minimum Gasteiger partial charge on any atom is -0.334 e. The van der Waals surface area contributed by atoms with Crippen LogP contribution in [-0.4, -0.2) is 33.9 Å². The Morgan fingerprint density at radius 1 is 0.931 bits per heavy atom. The van der Waals surface area contributed by atoms with Crippen molar-refractivity contribution in [2.24, 2.45) is 0 Å². The van der Waals surface area contributed by atoms with Crippen molar-refractivity contribution in [2.45, 2.75) is 12.3 Å². The number of halogens is 2. The van der Waals surface area contributed by atoms with Gasteiger partial charge in [0.15, 0.2) is 11.6 Å². The monoisotopic (exact) mass is 426 g/mol. The maximum absolute atomic E-state index is 13.1. The number of carbonyl (C=O) groups is 2. The topological polar surface area (TPSA) is 116 Å². The van der Waals surface area contributed by atoms with Gasteiger partial charge in [0.25, 0.3) is 0 Å². The molecule has 0 heterocycles. The number of urea groups is 1. The second-order valence-corrected chi connectivity index (χ2v) is 7.92. The third kappa shape index (κ3) is 7.47. The Balaban J connectivity index is 1.75. The van der Waals surface area contributed by atoms with Crippen molar-refractivity contribution in [3.05, 3.63) is 65.2 Å². The van der Waals surface area contributed by atoms with Crippen LogP contribution in [0.25, 0.3) is 0 Å². The molecule has 3 amide bonds. The molecule has 0 aliphatic rings. The number of amides is 3. The summed E-state index contributed by atoms with van der Waals surface area (Å²) in [7, 11) is -2.02. The molecular weight excluding hydrogens is 406 g/mol. The van der Waals surface area contributed by atoms with E-state index >= 15 is 0 Å². The van der Waals surface area contributed by atoms with E-state index in [4.69, 9.17) is 0 Å². The highest BCUT2D eigenvalue weighted by Crippen LogP contribution is 2.12. The van der Waals surface area contributed by atoms with Crippen molar-refractivity contribution in [3.8, 4) is 0 Å². The Kier molecular flexibility index (Phi) is 7.62. The van der Waals surface area contributed by atoms with Gasteiger partial charge in [-0.05, 0) is 30.3 Å². The summed E-state index contributed by atoms with van der Waals surface area (Å²) in [5.74, 6) is -2.88. The van der Waals surface area contributed by atoms with Gasteiger partial charge in [-0.2, -0.15) is 0 Å². The number of hydrogen-bond acceptors (Lipinski definition) is 4. The fraction of sp³-hybridized carbons (Fsp3) is 0.222. The minimum absolute atomic E-state index is 0.0662. The van der Waals surface area contributed by atoms with Crippen molar-refractivity contribution in [1.29, 1.82) is 0 Å². The Morgan fingerprint density at radius 2 is 1.59 bits per heavy atom. The second-order valence-electron chi connectivity index (χ2n) is 5.99. The molecule has 0 fully saturated rings. The molecule has 2 aromatic rings. The maximum atomic E-state index is 13.1. The SMILES string of the molecule is CNS(=O)(=O)Cc1ccc(CNC(=O)NCC(=O)Nc2ccc(F)c(F)c2)cc1. The van der Waals surface area contributed by atoms with E-state index in [0.29, 0.717) is 5.56 Å². The average molecular weight is 426 g/mol. The summed E-state index contributed by atoms with van der Waals surface area (Å²) in [6, 6.07) is 8.93. The van der Waals surface area contributed by atoms with Gasteiger partial charge in [0.05, 0.1) is 12.3 Å². The van der Waals surface area contributed by atoms with Gasteiger partial charge in [-0.1, -0.05) is 24.3 Å². The lowest BCUT2D eigenvalue weighted by Crippen LogP contribution is -2.39. The molecule has 8 nitrogen and oxygen atoms in total. The van der Waals surface area contributed by atoms with E-state index in [1.54, 1.807) is 24.3 Å². The van der Waals surface area contributed by atoms with Crippen LogP contribution in [0.1, 0.15) is 11.1 Å². The second kappa shape index (κ2) is 9.94. The number of benzene rings is 2. The molecule has 0 unspecified atom stereocenters. The molecule has 4 N–H and O–H groups in total. The summed E-state index contributed by atoms with van der Waals surface area (Å²) >= 11 is 0. The van der Waals surface area contributed by atoms with E-state index in [0.717, 1.165) is 17.7 Å². The highest BCUT2D eigenvalue weighted by molar-refractivity contribution is 7.88. The van der Waals surface area contributed by atoms with Crippen molar-refractivity contribution in [1.82, 2.24) is 15.4 Å². The molecule has 29 heavy (non-hydrogen) atoms. The molecule has 0 saturated carbocycles. The van der Waals surface area contributed by atoms with Gasteiger partial charge < -0.3 is 16.0 Å². The van der Waals surface area contributed by atoms with Gasteiger partial charge in [0, 0.05) is 18.3 Å². The number of rotatable bonds is 8. The Morgan fingerprint density at radius 3 is 2.21 bits per heavy atom. The molecule has 2 aromatic carbocycles. The molecule has 0 saturated heterocycles. The van der Waals surface area contributed by atoms with Gasteiger partial charge in [-0.15, -0.1) is 0 Å². The number of hydrogen-bond donors (Lipinski definition) is 4. The third-order valence-electron chi connectivity index (χ3n) is 3.76. The van der Waals surface area contributed by atoms with Crippen LogP contribution >= 0.6 is 0 Å². The molecule has 0 aliphatic heterocycles. The van der Waals surface area contributed by atoms with E-state index in [2.05, 4.69) is 20.7 Å². The lowest BCUT2D eigenvalue weighted by Gasteiger charge is -2.09. The molecule has 0 spiro atoms. The maximum Gasteiger partial charge on any atom is 0.315 e. The van der Waals surface area contributed by atoms with Crippen molar-refractivity contribution >= 4 is 27.6 Å². The lowest BCUT2D eigenvalue weighted by molar-refractivity contribution is -0.115. The zero-order chi connectivity index (χ0) is 21.4. The summed E-state index contributed by atoms with van der Waals surface area (Å²) in [5, 5.41) is 7.20. The first-order chi connectivity index (χ1) is 13.7. The van der Waals surface area contributed by atoms with Crippen LogP contribution in [0.2, 0.25) is 0 Å². The summed E-state index contributed by atoms with van der Waals surface area (Å²) in [6.07, 6.45) is 0. The first kappa shape index (κ1) is 22.2. The van der Waals surface area contributed by atoms with Crippen LogP contribution in [0.4, 0.5) is 19.3 Å². The molecule has 0 aromatic heterocycles. The van der Waals surface area contributed by atoms with Crippen LogP contribution < -0.4 is 20.7 Å². The number of anilines is 1. The number of sulfonamides is 1. The highest BCUT2D eigenvalue weighted by atomic mass is 32.2. The Labute approximate surface area is 166 Å². The van der Waals surface area contributed by atoms with Crippen molar-refractivity contribution in [3.63, 3.8) is 0 Å². The number of nitrogens with one attached hydrogen (secondary N) is 4. The average Bonchev–Trinajstić information content (AvgIpc) is 2.68. The molecule has 156 valence electrons. The largest absolute Gasteiger partial charge is 0.334 e. The lowest BCUT2D eigenvalue weighted by atomic mass is 10.1. The van der Waals surface area contributed by atoms with Gasteiger partial charge in [-0.3, -0.25) is 4.79 Å². The third-order valence-corrected chi connectivity index (χ3v) is 5.09. The van der Waals surface area contributed by atoms with Crippen molar-refractivity contribution < 1.29 is 26.8 Å². The van der Waals surface area contributed by atoms with E-state index in [-0.39, 0.29) is 24.5 Å². The predicted octanol–water partition coefficient (Wildman–Crippen LogP) is 1.45. The van der Waals surface area contributed by atoms with E-state index in [9.17, 15) is 26.8 Å².